The van der Waals surface area contributed by atoms with E-state index >= 15 is 0 Å². The molecule has 4 atom stereocenters. The number of halogens is 1. The van der Waals surface area contributed by atoms with Crippen LogP contribution >= 0.6 is 0 Å². The molecule has 0 bridgehead atoms. The predicted octanol–water partition coefficient (Wildman–Crippen LogP) is 0.535. The first kappa shape index (κ1) is 11.2. The topological polar surface area (TPSA) is 64.5 Å². The fourth-order valence-corrected chi connectivity index (χ4v) is 2.43. The first-order valence-electron chi connectivity index (χ1n) is 4.16. The smallest absolute Gasteiger partial charge is 0.140 e. The lowest BCUT2D eigenvalue weighted by Gasteiger charge is -2.30. The van der Waals surface area contributed by atoms with Crippen molar-refractivity contribution in [2.45, 2.75) is 36.8 Å². The molecule has 0 spiro atoms. The van der Waals surface area contributed by atoms with Crippen LogP contribution < -0.4 is 4.89 Å². The molecular formula is C7H14FNO3S. The zero-order chi connectivity index (χ0) is 9.84. The second-order valence-electron chi connectivity index (χ2n) is 3.11. The predicted molar refractivity (Wildman–Crippen MR) is 46.4 cm³/mol. The number of hydrogen-bond donors (Lipinski definition) is 2. The van der Waals surface area contributed by atoms with Gasteiger partial charge >= 0.3 is 0 Å². The van der Waals surface area contributed by atoms with Crippen molar-refractivity contribution in [3.63, 3.8) is 0 Å². The molecule has 0 aliphatic heterocycles. The van der Waals surface area contributed by atoms with Gasteiger partial charge in [-0.1, -0.05) is 0 Å². The summed E-state index contributed by atoms with van der Waals surface area (Å²) in [6.07, 6.45) is -0.219. The first-order chi connectivity index (χ1) is 6.19. The normalized spacial score (nSPS) is 37.4. The summed E-state index contributed by atoms with van der Waals surface area (Å²) in [7, 11) is 1.44. The molecule has 1 aliphatic carbocycles. The highest BCUT2D eigenvalue weighted by Gasteiger charge is 2.36. The van der Waals surface area contributed by atoms with Gasteiger partial charge in [0.05, 0.1) is 17.5 Å². The molecule has 0 amide bonds. The minimum absolute atomic E-state index is 0.220. The van der Waals surface area contributed by atoms with Crippen LogP contribution in [0.2, 0.25) is 0 Å². The third-order valence-electron chi connectivity index (χ3n) is 2.36. The molecule has 0 aromatic rings. The Labute approximate surface area is 79.7 Å². The highest BCUT2D eigenvalue weighted by Crippen LogP contribution is 2.27. The molecule has 1 rings (SSSR count). The fourth-order valence-electron chi connectivity index (χ4n) is 1.57. The SMILES string of the molecule is COC1CC([S+]([O-])NO)CCC1F. The Balaban J connectivity index is 2.44. The lowest BCUT2D eigenvalue weighted by atomic mass is 9.95. The Morgan fingerprint density at radius 2 is 2.31 bits per heavy atom. The third-order valence-corrected chi connectivity index (χ3v) is 3.57. The van der Waals surface area contributed by atoms with Crippen molar-refractivity contribution in [3.8, 4) is 0 Å². The Hall–Kier alpha value is 0.120. The second kappa shape index (κ2) is 5.11. The monoisotopic (exact) mass is 211 g/mol. The molecule has 1 saturated carbocycles. The molecule has 0 heterocycles. The number of ether oxygens (including phenoxy) is 1. The van der Waals surface area contributed by atoms with Crippen LogP contribution in [0.3, 0.4) is 0 Å². The van der Waals surface area contributed by atoms with Gasteiger partial charge in [0.2, 0.25) is 0 Å². The van der Waals surface area contributed by atoms with Crippen molar-refractivity contribution in [1.82, 2.24) is 4.89 Å². The van der Waals surface area contributed by atoms with E-state index < -0.39 is 23.6 Å². The molecule has 1 aliphatic rings. The van der Waals surface area contributed by atoms with Crippen LogP contribution in [0, 0.1) is 0 Å². The molecule has 13 heavy (non-hydrogen) atoms. The van der Waals surface area contributed by atoms with Crippen LogP contribution in [0.15, 0.2) is 0 Å². The average Bonchev–Trinajstić information content (AvgIpc) is 2.17. The summed E-state index contributed by atoms with van der Waals surface area (Å²) in [4.78, 5) is 1.69. The van der Waals surface area contributed by atoms with E-state index in [-0.39, 0.29) is 5.25 Å². The standard InChI is InChI=1S/C7H14FNO3S/c1-12-7-4-5(13(11)9-10)2-3-6(7)8/h5-7,9-10H,2-4H2,1H3. The average molecular weight is 211 g/mol. The summed E-state index contributed by atoms with van der Waals surface area (Å²) in [5.74, 6) is 0. The quantitative estimate of drug-likeness (QED) is 0.528. The number of nitrogens with one attached hydrogen (secondary N) is 1. The highest BCUT2D eigenvalue weighted by molar-refractivity contribution is 7.89. The zero-order valence-corrected chi connectivity index (χ0v) is 8.22. The van der Waals surface area contributed by atoms with E-state index in [4.69, 9.17) is 9.94 Å². The van der Waals surface area contributed by atoms with Gasteiger partial charge in [-0.15, -0.1) is 0 Å². The van der Waals surface area contributed by atoms with Crippen LogP contribution in [-0.4, -0.2) is 34.4 Å². The van der Waals surface area contributed by atoms with Crippen molar-refractivity contribution in [3.05, 3.63) is 0 Å². The minimum atomic E-state index is -1.49. The van der Waals surface area contributed by atoms with Crippen molar-refractivity contribution in [2.24, 2.45) is 0 Å². The van der Waals surface area contributed by atoms with Crippen molar-refractivity contribution in [1.29, 1.82) is 0 Å². The lowest BCUT2D eigenvalue weighted by molar-refractivity contribution is 0.00650. The minimum Gasteiger partial charge on any atom is -0.596 e. The van der Waals surface area contributed by atoms with Gasteiger partial charge in [-0.25, -0.2) is 4.39 Å². The van der Waals surface area contributed by atoms with E-state index in [1.807, 2.05) is 0 Å². The number of methoxy groups -OCH3 is 1. The van der Waals surface area contributed by atoms with Crippen LogP contribution in [-0.2, 0) is 16.1 Å². The van der Waals surface area contributed by atoms with E-state index in [2.05, 4.69) is 0 Å². The third kappa shape index (κ3) is 2.78. The molecule has 0 aromatic carbocycles. The van der Waals surface area contributed by atoms with Crippen molar-refractivity contribution < 1.29 is 18.9 Å². The van der Waals surface area contributed by atoms with Gasteiger partial charge in [0.25, 0.3) is 0 Å². The molecule has 4 unspecified atom stereocenters. The molecule has 0 aromatic heterocycles. The maximum Gasteiger partial charge on any atom is 0.140 e. The molecule has 6 heteroatoms. The second-order valence-corrected chi connectivity index (χ2v) is 4.56. The summed E-state index contributed by atoms with van der Waals surface area (Å²) in [5.41, 5.74) is 0. The molecule has 1 fully saturated rings. The van der Waals surface area contributed by atoms with E-state index in [1.54, 1.807) is 4.89 Å². The van der Waals surface area contributed by atoms with Gasteiger partial charge in [-0.05, 0) is 17.7 Å². The van der Waals surface area contributed by atoms with Gasteiger partial charge < -0.3 is 9.29 Å². The highest BCUT2D eigenvalue weighted by atomic mass is 32.2. The van der Waals surface area contributed by atoms with Crippen molar-refractivity contribution in [2.75, 3.05) is 7.11 Å². The Kier molecular flexibility index (Phi) is 4.40. The van der Waals surface area contributed by atoms with E-state index in [0.29, 0.717) is 19.3 Å². The van der Waals surface area contributed by atoms with Gasteiger partial charge in [-0.3, -0.25) is 5.21 Å². The van der Waals surface area contributed by atoms with E-state index in [9.17, 15) is 8.94 Å². The van der Waals surface area contributed by atoms with E-state index in [0.717, 1.165) is 0 Å². The molecular weight excluding hydrogens is 197 g/mol. The first-order valence-corrected chi connectivity index (χ1v) is 5.37. The maximum atomic E-state index is 13.1. The molecule has 2 N–H and O–H groups in total. The van der Waals surface area contributed by atoms with Gasteiger partial charge in [-0.2, -0.15) is 0 Å². The Morgan fingerprint density at radius 1 is 1.62 bits per heavy atom. The van der Waals surface area contributed by atoms with Crippen LogP contribution in [0.25, 0.3) is 0 Å². The Morgan fingerprint density at radius 3 is 2.85 bits per heavy atom. The molecule has 0 radical (unpaired) electrons. The number of rotatable bonds is 3. The van der Waals surface area contributed by atoms with Gasteiger partial charge in [0, 0.05) is 13.5 Å². The van der Waals surface area contributed by atoms with Crippen LogP contribution in [0.5, 0.6) is 0 Å². The zero-order valence-electron chi connectivity index (χ0n) is 7.40. The lowest BCUT2D eigenvalue weighted by Crippen LogP contribution is -2.42. The number of alkyl halides is 1. The maximum absolute atomic E-state index is 13.1. The molecule has 4 nitrogen and oxygen atoms in total. The van der Waals surface area contributed by atoms with Gasteiger partial charge in [0.15, 0.2) is 0 Å². The number of hydrogen-bond acceptors (Lipinski definition) is 4. The van der Waals surface area contributed by atoms with Crippen LogP contribution in [0.1, 0.15) is 19.3 Å². The molecule has 78 valence electrons. The summed E-state index contributed by atoms with van der Waals surface area (Å²) in [6, 6.07) is 0. The van der Waals surface area contributed by atoms with Crippen LogP contribution in [0.4, 0.5) is 4.39 Å². The summed E-state index contributed by atoms with van der Waals surface area (Å²) in [6.45, 7) is 0. The fraction of sp³-hybridized carbons (Fsp3) is 1.00. The Bertz CT molecular complexity index is 163. The molecule has 0 saturated heterocycles. The summed E-state index contributed by atoms with van der Waals surface area (Å²) < 4.78 is 29.1. The van der Waals surface area contributed by atoms with E-state index in [1.165, 1.54) is 7.11 Å². The summed E-state index contributed by atoms with van der Waals surface area (Å²) in [5, 5.41) is 8.21. The van der Waals surface area contributed by atoms with Crippen molar-refractivity contribution >= 4 is 11.4 Å². The summed E-state index contributed by atoms with van der Waals surface area (Å²) >= 11 is -1.49. The van der Waals surface area contributed by atoms with Gasteiger partial charge in [0.1, 0.15) is 11.4 Å². The largest absolute Gasteiger partial charge is 0.596 e.